The van der Waals surface area contributed by atoms with Gasteiger partial charge in [-0.1, -0.05) is 12.1 Å². The zero-order valence-electron chi connectivity index (χ0n) is 8.66. The first-order valence-electron chi connectivity index (χ1n) is 4.63. The molecule has 0 fully saturated rings. The highest BCUT2D eigenvalue weighted by molar-refractivity contribution is 7.90. The standard InChI is InChI=1S/C9H11F3N2O2S/c10-9(11,12)17(15,16)14-6-5-7-1-3-8(13)4-2-7/h1-4,14H,5-6,13H2. The number of benzene rings is 1. The van der Waals surface area contributed by atoms with Gasteiger partial charge in [-0.15, -0.1) is 0 Å². The van der Waals surface area contributed by atoms with Gasteiger partial charge in [-0.05, 0) is 24.1 Å². The molecule has 4 nitrogen and oxygen atoms in total. The van der Waals surface area contributed by atoms with Crippen molar-refractivity contribution >= 4 is 15.7 Å². The molecule has 0 aliphatic rings. The third kappa shape index (κ3) is 3.90. The number of nitrogens with two attached hydrogens (primary N) is 1. The summed E-state index contributed by atoms with van der Waals surface area (Å²) in [5.41, 5.74) is 1.38. The molecule has 1 rings (SSSR count). The van der Waals surface area contributed by atoms with Crippen molar-refractivity contribution in [3.8, 4) is 0 Å². The van der Waals surface area contributed by atoms with Gasteiger partial charge in [0.2, 0.25) is 0 Å². The van der Waals surface area contributed by atoms with Crippen LogP contribution in [-0.2, 0) is 16.4 Å². The number of hydrogen-bond acceptors (Lipinski definition) is 3. The van der Waals surface area contributed by atoms with E-state index in [1.54, 1.807) is 24.3 Å². The number of anilines is 1. The fourth-order valence-corrected chi connectivity index (χ4v) is 1.63. The van der Waals surface area contributed by atoms with E-state index in [0.717, 1.165) is 0 Å². The van der Waals surface area contributed by atoms with E-state index in [1.807, 2.05) is 0 Å². The SMILES string of the molecule is Nc1ccc(CCNS(=O)(=O)C(F)(F)F)cc1. The van der Waals surface area contributed by atoms with E-state index in [-0.39, 0.29) is 13.0 Å². The Labute approximate surface area is 96.7 Å². The third-order valence-electron chi connectivity index (χ3n) is 1.99. The second-order valence-corrected chi connectivity index (χ2v) is 5.09. The molecule has 0 aliphatic heterocycles. The van der Waals surface area contributed by atoms with Crippen LogP contribution in [0.15, 0.2) is 24.3 Å². The molecule has 0 heterocycles. The lowest BCUT2D eigenvalue weighted by Gasteiger charge is -2.09. The molecule has 8 heteroatoms. The smallest absolute Gasteiger partial charge is 0.399 e. The van der Waals surface area contributed by atoms with Crippen molar-refractivity contribution in [2.75, 3.05) is 12.3 Å². The van der Waals surface area contributed by atoms with E-state index in [9.17, 15) is 21.6 Å². The van der Waals surface area contributed by atoms with E-state index in [2.05, 4.69) is 0 Å². The Morgan fingerprint density at radius 3 is 2.18 bits per heavy atom. The molecule has 0 aliphatic carbocycles. The molecule has 1 aromatic rings. The lowest BCUT2D eigenvalue weighted by molar-refractivity contribution is -0.0447. The normalized spacial score (nSPS) is 12.6. The van der Waals surface area contributed by atoms with Crippen LogP contribution in [0, 0.1) is 0 Å². The molecular formula is C9H11F3N2O2S. The zero-order valence-corrected chi connectivity index (χ0v) is 9.48. The maximum Gasteiger partial charge on any atom is 0.511 e. The third-order valence-corrected chi connectivity index (χ3v) is 3.18. The first kappa shape index (κ1) is 13.8. The molecular weight excluding hydrogens is 257 g/mol. The molecule has 96 valence electrons. The van der Waals surface area contributed by atoms with Crippen LogP contribution in [0.1, 0.15) is 5.56 Å². The van der Waals surface area contributed by atoms with E-state index >= 15 is 0 Å². The van der Waals surface area contributed by atoms with Gasteiger partial charge in [0.1, 0.15) is 0 Å². The number of alkyl halides is 3. The van der Waals surface area contributed by atoms with Crippen molar-refractivity contribution in [2.24, 2.45) is 0 Å². The summed E-state index contributed by atoms with van der Waals surface area (Å²) in [5, 5.41) is 0. The van der Waals surface area contributed by atoms with Crippen molar-refractivity contribution in [2.45, 2.75) is 11.9 Å². The summed E-state index contributed by atoms with van der Waals surface area (Å²) >= 11 is 0. The zero-order chi connectivity index (χ0) is 13.1. The topological polar surface area (TPSA) is 72.2 Å². The quantitative estimate of drug-likeness (QED) is 0.807. The Bertz CT molecular complexity index is 468. The first-order chi connectivity index (χ1) is 7.72. The van der Waals surface area contributed by atoms with Crippen molar-refractivity contribution in [3.05, 3.63) is 29.8 Å². The Morgan fingerprint density at radius 2 is 1.71 bits per heavy atom. The van der Waals surface area contributed by atoms with Crippen LogP contribution in [-0.4, -0.2) is 20.5 Å². The summed E-state index contributed by atoms with van der Waals surface area (Å²) in [4.78, 5) is 0. The molecule has 1 aromatic carbocycles. The molecule has 0 unspecified atom stereocenters. The highest BCUT2D eigenvalue weighted by atomic mass is 32.2. The predicted octanol–water partition coefficient (Wildman–Crippen LogP) is 1.25. The highest BCUT2D eigenvalue weighted by Crippen LogP contribution is 2.21. The second kappa shape index (κ2) is 4.92. The van der Waals surface area contributed by atoms with Gasteiger partial charge in [0.25, 0.3) is 0 Å². The summed E-state index contributed by atoms with van der Waals surface area (Å²) in [5.74, 6) is 0. The fraction of sp³-hybridized carbons (Fsp3) is 0.333. The molecule has 17 heavy (non-hydrogen) atoms. The molecule has 0 saturated carbocycles. The van der Waals surface area contributed by atoms with Gasteiger partial charge >= 0.3 is 15.5 Å². The first-order valence-corrected chi connectivity index (χ1v) is 6.11. The minimum atomic E-state index is -5.27. The summed E-state index contributed by atoms with van der Waals surface area (Å²) < 4.78 is 58.6. The van der Waals surface area contributed by atoms with Gasteiger partial charge in [0.05, 0.1) is 0 Å². The summed E-state index contributed by atoms with van der Waals surface area (Å²) in [7, 11) is -5.25. The predicted molar refractivity (Wildman–Crippen MR) is 57.5 cm³/mol. The largest absolute Gasteiger partial charge is 0.511 e. The number of sulfonamides is 1. The van der Waals surface area contributed by atoms with Crippen molar-refractivity contribution in [1.29, 1.82) is 0 Å². The van der Waals surface area contributed by atoms with E-state index in [4.69, 9.17) is 5.73 Å². The van der Waals surface area contributed by atoms with Crippen LogP contribution >= 0.6 is 0 Å². The fourth-order valence-electron chi connectivity index (χ4n) is 1.10. The maximum atomic E-state index is 11.9. The van der Waals surface area contributed by atoms with E-state index in [1.165, 1.54) is 4.72 Å². The number of rotatable bonds is 4. The van der Waals surface area contributed by atoms with Crippen molar-refractivity contribution in [3.63, 3.8) is 0 Å². The van der Waals surface area contributed by atoms with Crippen LogP contribution in [0.3, 0.4) is 0 Å². The minimum Gasteiger partial charge on any atom is -0.399 e. The van der Waals surface area contributed by atoms with Gasteiger partial charge < -0.3 is 5.73 Å². The lowest BCUT2D eigenvalue weighted by Crippen LogP contribution is -2.37. The minimum absolute atomic E-state index is 0.162. The molecule has 0 amide bonds. The average Bonchev–Trinajstić information content (AvgIpc) is 2.19. The van der Waals surface area contributed by atoms with Gasteiger partial charge in [-0.2, -0.15) is 13.2 Å². The van der Waals surface area contributed by atoms with E-state index in [0.29, 0.717) is 11.3 Å². The lowest BCUT2D eigenvalue weighted by atomic mass is 10.1. The van der Waals surface area contributed by atoms with Crippen LogP contribution in [0.25, 0.3) is 0 Å². The number of hydrogen-bond donors (Lipinski definition) is 2. The Balaban J connectivity index is 2.52. The molecule has 0 aromatic heterocycles. The molecule has 0 radical (unpaired) electrons. The van der Waals surface area contributed by atoms with Crippen LogP contribution in [0.5, 0.6) is 0 Å². The van der Waals surface area contributed by atoms with E-state index < -0.39 is 15.5 Å². The second-order valence-electron chi connectivity index (χ2n) is 3.34. The number of nitrogen functional groups attached to an aromatic ring is 1. The Kier molecular flexibility index (Phi) is 3.99. The molecule has 3 N–H and O–H groups in total. The van der Waals surface area contributed by atoms with Crippen molar-refractivity contribution < 1.29 is 21.6 Å². The number of halogens is 3. The molecule has 0 bridgehead atoms. The summed E-state index contributed by atoms with van der Waals surface area (Å²) in [6.45, 7) is -0.314. The Hall–Kier alpha value is -1.28. The molecule has 0 spiro atoms. The monoisotopic (exact) mass is 268 g/mol. The molecule has 0 saturated heterocycles. The number of nitrogens with one attached hydrogen (secondary N) is 1. The van der Waals surface area contributed by atoms with Crippen LogP contribution in [0.4, 0.5) is 18.9 Å². The van der Waals surface area contributed by atoms with Gasteiger partial charge in [0, 0.05) is 12.2 Å². The summed E-state index contributed by atoms with van der Waals surface area (Å²) in [6, 6.07) is 6.43. The van der Waals surface area contributed by atoms with Gasteiger partial charge in [-0.25, -0.2) is 13.1 Å². The van der Waals surface area contributed by atoms with Gasteiger partial charge in [0.15, 0.2) is 0 Å². The molecule has 0 atom stereocenters. The Morgan fingerprint density at radius 1 is 1.18 bits per heavy atom. The average molecular weight is 268 g/mol. The summed E-state index contributed by atoms with van der Waals surface area (Å²) in [6.07, 6.45) is 0.162. The van der Waals surface area contributed by atoms with Crippen LogP contribution < -0.4 is 10.5 Å². The highest BCUT2D eigenvalue weighted by Gasteiger charge is 2.45. The van der Waals surface area contributed by atoms with Crippen LogP contribution in [0.2, 0.25) is 0 Å². The van der Waals surface area contributed by atoms with Gasteiger partial charge in [-0.3, -0.25) is 0 Å². The maximum absolute atomic E-state index is 11.9. The van der Waals surface area contributed by atoms with Crippen molar-refractivity contribution in [1.82, 2.24) is 4.72 Å².